The number of carbonyl (C=O) groups excluding carboxylic acids is 2. The van der Waals surface area contributed by atoms with Crippen LogP contribution in [0.2, 0.25) is 0 Å². The predicted molar refractivity (Wildman–Crippen MR) is 121 cm³/mol. The highest BCUT2D eigenvalue weighted by atomic mass is 32.2. The Balaban J connectivity index is 1.43. The van der Waals surface area contributed by atoms with Crippen molar-refractivity contribution in [3.8, 4) is 11.4 Å². The fourth-order valence-corrected chi connectivity index (χ4v) is 4.81. The molecule has 164 valence electrons. The molecule has 2 heterocycles. The molecule has 2 aliphatic rings. The Morgan fingerprint density at radius 3 is 2.62 bits per heavy atom. The zero-order chi connectivity index (χ0) is 22.5. The largest absolute Gasteiger partial charge is 0.322 e. The lowest BCUT2D eigenvalue weighted by molar-refractivity contribution is -0.125. The van der Waals surface area contributed by atoms with Crippen molar-refractivity contribution in [1.29, 1.82) is 0 Å². The van der Waals surface area contributed by atoms with Gasteiger partial charge in [0.25, 0.3) is 0 Å². The average Bonchev–Trinajstić information content (AvgIpc) is 3.52. The maximum atomic E-state index is 14.4. The molecule has 1 saturated carbocycles. The number of anilines is 2. The van der Waals surface area contributed by atoms with Crippen LogP contribution in [0.4, 0.5) is 15.8 Å². The Bertz CT molecular complexity index is 1220. The second-order valence-corrected chi connectivity index (χ2v) is 9.38. The van der Waals surface area contributed by atoms with E-state index in [1.165, 1.54) is 17.8 Å². The predicted octanol–water partition coefficient (Wildman–Crippen LogP) is 4.28. The topological polar surface area (TPSA) is 80.1 Å². The fourth-order valence-electron chi connectivity index (χ4n) is 3.95. The first-order valence-corrected chi connectivity index (χ1v) is 11.4. The molecule has 5 rings (SSSR count). The third kappa shape index (κ3) is 3.46. The minimum Gasteiger partial charge on any atom is -0.322 e. The highest BCUT2D eigenvalue weighted by Gasteiger charge is 2.43. The molecule has 0 radical (unpaired) electrons. The maximum Gasteiger partial charge on any atom is 0.250 e. The minimum atomic E-state index is -1.03. The van der Waals surface area contributed by atoms with E-state index in [0.717, 1.165) is 12.8 Å². The molecule has 7 nitrogen and oxygen atoms in total. The van der Waals surface area contributed by atoms with Crippen molar-refractivity contribution >= 4 is 35.0 Å². The number of fused-ring (bicyclic) bond motifs is 1. The number of amides is 2. The van der Waals surface area contributed by atoms with Gasteiger partial charge in [0.15, 0.2) is 11.0 Å². The zero-order valence-corrected chi connectivity index (χ0v) is 18.5. The number of carbonyl (C=O) groups is 2. The van der Waals surface area contributed by atoms with Gasteiger partial charge in [0, 0.05) is 6.04 Å². The van der Waals surface area contributed by atoms with E-state index in [4.69, 9.17) is 0 Å². The lowest BCUT2D eigenvalue weighted by Crippen LogP contribution is -2.59. The maximum absolute atomic E-state index is 14.4. The molecule has 2 amide bonds. The minimum absolute atomic E-state index is 0.0766. The molecule has 2 aromatic carbocycles. The summed E-state index contributed by atoms with van der Waals surface area (Å²) in [4.78, 5) is 27.5. The number of nitrogens with zero attached hydrogens (tertiary/aromatic N) is 4. The van der Waals surface area contributed by atoms with E-state index in [0.29, 0.717) is 27.9 Å². The van der Waals surface area contributed by atoms with Crippen LogP contribution < -0.4 is 10.2 Å². The Labute approximate surface area is 189 Å². The molecule has 0 atom stereocenters. The van der Waals surface area contributed by atoms with E-state index in [1.807, 2.05) is 22.8 Å². The summed E-state index contributed by atoms with van der Waals surface area (Å²) in [6, 6.07) is 13.9. The van der Waals surface area contributed by atoms with Crippen LogP contribution in [0.15, 0.2) is 53.7 Å². The van der Waals surface area contributed by atoms with Gasteiger partial charge < -0.3 is 5.32 Å². The number of hydrogen-bond donors (Lipinski definition) is 1. The van der Waals surface area contributed by atoms with E-state index in [1.54, 1.807) is 43.0 Å². The molecule has 1 aliphatic carbocycles. The van der Waals surface area contributed by atoms with E-state index >= 15 is 0 Å². The van der Waals surface area contributed by atoms with Crippen molar-refractivity contribution in [3.05, 3.63) is 54.3 Å². The van der Waals surface area contributed by atoms with Crippen molar-refractivity contribution in [1.82, 2.24) is 14.8 Å². The highest BCUT2D eigenvalue weighted by Crippen LogP contribution is 2.42. The number of para-hydroxylation sites is 2. The van der Waals surface area contributed by atoms with Gasteiger partial charge >= 0.3 is 0 Å². The molecule has 1 fully saturated rings. The Morgan fingerprint density at radius 2 is 1.88 bits per heavy atom. The first-order chi connectivity index (χ1) is 15.4. The van der Waals surface area contributed by atoms with Crippen LogP contribution >= 0.6 is 11.8 Å². The summed E-state index contributed by atoms with van der Waals surface area (Å²) in [6.07, 6.45) is 1.93. The van der Waals surface area contributed by atoms with Gasteiger partial charge in [-0.3, -0.25) is 19.1 Å². The van der Waals surface area contributed by atoms with E-state index < -0.39 is 5.54 Å². The zero-order valence-electron chi connectivity index (χ0n) is 17.7. The third-order valence-electron chi connectivity index (χ3n) is 5.77. The van der Waals surface area contributed by atoms with Crippen LogP contribution in [0.3, 0.4) is 0 Å². The molecule has 1 aliphatic heterocycles. The molecule has 1 aromatic heterocycles. The standard InChI is InChI=1S/C23H22FN5O2S/c1-23(2)21(31)25-17-9-5-6-10-18(17)29(23)19(30)13-32-22-27-26-20(28(22)14-11-12-14)15-7-3-4-8-16(15)24/h3-10,14H,11-13H2,1-2H3,(H,25,31). The molecule has 0 spiro atoms. The quantitative estimate of drug-likeness (QED) is 0.586. The molecule has 1 N–H and O–H groups in total. The van der Waals surface area contributed by atoms with Gasteiger partial charge in [0.1, 0.15) is 11.4 Å². The van der Waals surface area contributed by atoms with Crippen LogP contribution in [0.25, 0.3) is 11.4 Å². The highest BCUT2D eigenvalue weighted by molar-refractivity contribution is 7.99. The molecular weight excluding hydrogens is 429 g/mol. The number of aromatic nitrogens is 3. The molecule has 0 bridgehead atoms. The van der Waals surface area contributed by atoms with Gasteiger partial charge in [-0.2, -0.15) is 0 Å². The summed E-state index contributed by atoms with van der Waals surface area (Å²) in [5.41, 5.74) is 0.638. The van der Waals surface area contributed by atoms with Gasteiger partial charge in [0.2, 0.25) is 11.8 Å². The summed E-state index contributed by atoms with van der Waals surface area (Å²) in [7, 11) is 0. The lowest BCUT2D eigenvalue weighted by Gasteiger charge is -2.42. The molecule has 32 heavy (non-hydrogen) atoms. The number of nitrogens with one attached hydrogen (secondary N) is 1. The Kier molecular flexibility index (Phi) is 5.00. The second-order valence-electron chi connectivity index (χ2n) is 8.44. The van der Waals surface area contributed by atoms with Crippen molar-refractivity contribution in [2.24, 2.45) is 0 Å². The monoisotopic (exact) mass is 451 g/mol. The number of benzene rings is 2. The second kappa shape index (κ2) is 7.74. The molecule has 3 aromatic rings. The molecule has 0 unspecified atom stereocenters. The summed E-state index contributed by atoms with van der Waals surface area (Å²) in [5, 5.41) is 11.9. The molecule has 0 saturated heterocycles. The first kappa shape index (κ1) is 20.7. The summed E-state index contributed by atoms with van der Waals surface area (Å²) in [6.45, 7) is 3.45. The third-order valence-corrected chi connectivity index (χ3v) is 6.70. The van der Waals surface area contributed by atoms with Gasteiger partial charge in [-0.25, -0.2) is 4.39 Å². The lowest BCUT2D eigenvalue weighted by atomic mass is 9.96. The van der Waals surface area contributed by atoms with Crippen LogP contribution in [-0.2, 0) is 9.59 Å². The van der Waals surface area contributed by atoms with Crippen molar-refractivity contribution < 1.29 is 14.0 Å². The summed E-state index contributed by atoms with van der Waals surface area (Å²) < 4.78 is 16.3. The SMILES string of the molecule is CC1(C)C(=O)Nc2ccccc2N1C(=O)CSc1nnc(-c2ccccc2F)n1C1CC1. The van der Waals surface area contributed by atoms with Crippen molar-refractivity contribution in [3.63, 3.8) is 0 Å². The van der Waals surface area contributed by atoms with Gasteiger partial charge in [0.05, 0.1) is 22.7 Å². The van der Waals surface area contributed by atoms with Gasteiger partial charge in [-0.05, 0) is 51.0 Å². The molecular formula is C23H22FN5O2S. The van der Waals surface area contributed by atoms with Crippen molar-refractivity contribution in [2.75, 3.05) is 16.0 Å². The number of thioether (sulfide) groups is 1. The van der Waals surface area contributed by atoms with Crippen LogP contribution in [0.5, 0.6) is 0 Å². The van der Waals surface area contributed by atoms with Gasteiger partial charge in [-0.1, -0.05) is 36.0 Å². The van der Waals surface area contributed by atoms with E-state index in [-0.39, 0.29) is 29.4 Å². The first-order valence-electron chi connectivity index (χ1n) is 10.4. The van der Waals surface area contributed by atoms with E-state index in [2.05, 4.69) is 15.5 Å². The number of hydrogen-bond acceptors (Lipinski definition) is 5. The number of rotatable bonds is 5. The average molecular weight is 452 g/mol. The van der Waals surface area contributed by atoms with Crippen LogP contribution in [0.1, 0.15) is 32.7 Å². The Hall–Kier alpha value is -3.20. The van der Waals surface area contributed by atoms with E-state index in [9.17, 15) is 14.0 Å². The summed E-state index contributed by atoms with van der Waals surface area (Å²) >= 11 is 1.26. The number of halogens is 1. The van der Waals surface area contributed by atoms with Gasteiger partial charge in [-0.15, -0.1) is 10.2 Å². The molecule has 9 heteroatoms. The van der Waals surface area contributed by atoms with Crippen molar-refractivity contribution in [2.45, 2.75) is 43.4 Å². The summed E-state index contributed by atoms with van der Waals surface area (Å²) in [5.74, 6) is -0.249. The fraction of sp³-hybridized carbons (Fsp3) is 0.304. The smallest absolute Gasteiger partial charge is 0.250 e. The van der Waals surface area contributed by atoms with Crippen LogP contribution in [-0.4, -0.2) is 37.9 Å². The van der Waals surface area contributed by atoms with Crippen LogP contribution in [0, 0.1) is 5.82 Å². The normalized spacial score (nSPS) is 17.1. The Morgan fingerprint density at radius 1 is 1.16 bits per heavy atom.